The maximum Gasteiger partial charge on any atom is 0.115 e. The van der Waals surface area contributed by atoms with Gasteiger partial charge in [-0.25, -0.2) is 0 Å². The Morgan fingerprint density at radius 1 is 0.864 bits per heavy atom. The van der Waals surface area contributed by atoms with Gasteiger partial charge in [0, 0.05) is 6.61 Å². The van der Waals surface area contributed by atoms with Gasteiger partial charge in [-0.15, -0.1) is 0 Å². The first kappa shape index (κ1) is 19.0. The molecule has 4 atom stereocenters. The normalized spacial score (nSPS) is 17.0. The first-order chi connectivity index (χ1) is 10.4. The zero-order valence-corrected chi connectivity index (χ0v) is 15.0. The van der Waals surface area contributed by atoms with Crippen molar-refractivity contribution in [2.75, 3.05) is 6.61 Å². The molecule has 0 heterocycles. The van der Waals surface area contributed by atoms with Crippen molar-refractivity contribution in [2.45, 2.75) is 72.3 Å². The van der Waals surface area contributed by atoms with Crippen molar-refractivity contribution in [3.8, 4) is 5.75 Å². The molecule has 0 aliphatic carbocycles. The van der Waals surface area contributed by atoms with Crippen LogP contribution in [0.1, 0.15) is 71.8 Å². The summed E-state index contributed by atoms with van der Waals surface area (Å²) >= 11 is 0. The van der Waals surface area contributed by atoms with Crippen LogP contribution in [0.15, 0.2) is 24.3 Å². The Hall–Kier alpha value is -1.02. The molecule has 0 radical (unpaired) electrons. The van der Waals surface area contributed by atoms with E-state index in [4.69, 9.17) is 4.74 Å². The van der Waals surface area contributed by atoms with Crippen LogP contribution in [0, 0.1) is 11.8 Å². The smallest absolute Gasteiger partial charge is 0.115 e. The molecule has 0 aliphatic rings. The predicted octanol–water partition coefficient (Wildman–Crippen LogP) is 5.75. The summed E-state index contributed by atoms with van der Waals surface area (Å²) in [5.74, 6) is 2.39. The predicted molar refractivity (Wildman–Crippen MR) is 94.4 cm³/mol. The number of hydrogen-bond donors (Lipinski definition) is 1. The van der Waals surface area contributed by atoms with Crippen molar-refractivity contribution in [1.82, 2.24) is 0 Å². The number of benzene rings is 1. The molecule has 0 saturated heterocycles. The number of phenolic OH excluding ortho intramolecular Hbond substituents is 1. The van der Waals surface area contributed by atoms with Gasteiger partial charge in [0.2, 0.25) is 0 Å². The van der Waals surface area contributed by atoms with Crippen LogP contribution >= 0.6 is 0 Å². The standard InChI is InChI=1S/C20H34O2/c1-6-22-18(5)10-9-16(3)15(2)7-8-17(4)19-11-13-20(21)14-12-19/h11-18,21H,6-10H2,1-5H3. The van der Waals surface area contributed by atoms with E-state index < -0.39 is 0 Å². The molecule has 4 unspecified atom stereocenters. The van der Waals surface area contributed by atoms with Crippen LogP contribution in [0.2, 0.25) is 0 Å². The number of hydrogen-bond acceptors (Lipinski definition) is 2. The number of phenols is 1. The van der Waals surface area contributed by atoms with Gasteiger partial charge < -0.3 is 9.84 Å². The zero-order chi connectivity index (χ0) is 16.5. The molecule has 0 aromatic heterocycles. The van der Waals surface area contributed by atoms with E-state index in [1.807, 2.05) is 12.1 Å². The monoisotopic (exact) mass is 306 g/mol. The molecular formula is C20H34O2. The lowest BCUT2D eigenvalue weighted by atomic mass is 9.84. The van der Waals surface area contributed by atoms with E-state index in [2.05, 4.69) is 34.6 Å². The lowest BCUT2D eigenvalue weighted by molar-refractivity contribution is 0.0637. The van der Waals surface area contributed by atoms with E-state index in [-0.39, 0.29) is 0 Å². The number of aromatic hydroxyl groups is 1. The van der Waals surface area contributed by atoms with Gasteiger partial charge in [0.05, 0.1) is 6.10 Å². The molecule has 0 bridgehead atoms. The Morgan fingerprint density at radius 2 is 1.41 bits per heavy atom. The average molecular weight is 306 g/mol. The maximum atomic E-state index is 9.36. The van der Waals surface area contributed by atoms with Gasteiger partial charge in [0.15, 0.2) is 0 Å². The van der Waals surface area contributed by atoms with E-state index in [1.54, 1.807) is 12.1 Å². The molecular weight excluding hydrogens is 272 g/mol. The fourth-order valence-electron chi connectivity index (χ4n) is 2.92. The van der Waals surface area contributed by atoms with Crippen LogP contribution in [0.3, 0.4) is 0 Å². The third kappa shape index (κ3) is 6.83. The fraction of sp³-hybridized carbons (Fsp3) is 0.700. The highest BCUT2D eigenvalue weighted by atomic mass is 16.5. The molecule has 1 N–H and O–H groups in total. The van der Waals surface area contributed by atoms with Gasteiger partial charge in [-0.3, -0.25) is 0 Å². The summed E-state index contributed by atoms with van der Waals surface area (Å²) in [4.78, 5) is 0. The fourth-order valence-corrected chi connectivity index (χ4v) is 2.92. The summed E-state index contributed by atoms with van der Waals surface area (Å²) in [6.45, 7) is 12.1. The molecule has 0 aliphatic heterocycles. The molecule has 2 heteroatoms. The molecule has 0 amide bonds. The second-order valence-corrected chi connectivity index (χ2v) is 6.87. The van der Waals surface area contributed by atoms with Gasteiger partial charge in [-0.1, -0.05) is 32.9 Å². The maximum absolute atomic E-state index is 9.36. The highest BCUT2D eigenvalue weighted by Gasteiger charge is 2.15. The number of rotatable bonds is 10. The van der Waals surface area contributed by atoms with E-state index in [0.717, 1.165) is 24.9 Å². The van der Waals surface area contributed by atoms with Crippen LogP contribution in [0.4, 0.5) is 0 Å². The van der Waals surface area contributed by atoms with E-state index in [0.29, 0.717) is 17.8 Å². The third-order valence-electron chi connectivity index (χ3n) is 4.97. The minimum Gasteiger partial charge on any atom is -0.508 e. The van der Waals surface area contributed by atoms with Crippen LogP contribution in [-0.4, -0.2) is 17.8 Å². The molecule has 0 fully saturated rings. The van der Waals surface area contributed by atoms with E-state index in [9.17, 15) is 5.11 Å². The Bertz CT molecular complexity index is 399. The Balaban J connectivity index is 2.31. The van der Waals surface area contributed by atoms with E-state index in [1.165, 1.54) is 24.8 Å². The molecule has 2 nitrogen and oxygen atoms in total. The Labute approximate surface area is 136 Å². The average Bonchev–Trinajstić information content (AvgIpc) is 2.50. The van der Waals surface area contributed by atoms with Crippen LogP contribution in [0.25, 0.3) is 0 Å². The summed E-state index contributed by atoms with van der Waals surface area (Å²) in [7, 11) is 0. The molecule has 22 heavy (non-hydrogen) atoms. The molecule has 1 aromatic carbocycles. The van der Waals surface area contributed by atoms with Gasteiger partial charge in [0.1, 0.15) is 5.75 Å². The topological polar surface area (TPSA) is 29.5 Å². The quantitative estimate of drug-likeness (QED) is 0.596. The van der Waals surface area contributed by atoms with Crippen molar-refractivity contribution in [3.05, 3.63) is 29.8 Å². The van der Waals surface area contributed by atoms with Crippen LogP contribution in [-0.2, 0) is 4.74 Å². The Morgan fingerprint density at radius 3 is 1.95 bits per heavy atom. The molecule has 1 rings (SSSR count). The zero-order valence-electron chi connectivity index (χ0n) is 15.0. The van der Waals surface area contributed by atoms with Crippen molar-refractivity contribution in [2.24, 2.45) is 11.8 Å². The number of ether oxygens (including phenoxy) is 1. The second kappa shape index (κ2) is 9.89. The molecule has 0 spiro atoms. The molecule has 0 saturated carbocycles. The summed E-state index contributed by atoms with van der Waals surface area (Å²) < 4.78 is 5.62. The van der Waals surface area contributed by atoms with Crippen molar-refractivity contribution < 1.29 is 9.84 Å². The second-order valence-electron chi connectivity index (χ2n) is 6.87. The highest BCUT2D eigenvalue weighted by Crippen LogP contribution is 2.28. The van der Waals surface area contributed by atoms with E-state index >= 15 is 0 Å². The largest absolute Gasteiger partial charge is 0.508 e. The van der Waals surface area contributed by atoms with Crippen molar-refractivity contribution >= 4 is 0 Å². The summed E-state index contributed by atoms with van der Waals surface area (Å²) in [5, 5.41) is 9.36. The summed E-state index contributed by atoms with van der Waals surface area (Å²) in [5.41, 5.74) is 1.32. The highest BCUT2D eigenvalue weighted by molar-refractivity contribution is 5.27. The first-order valence-corrected chi connectivity index (χ1v) is 8.84. The minimum atomic E-state index is 0.348. The van der Waals surface area contributed by atoms with Gasteiger partial charge in [0.25, 0.3) is 0 Å². The third-order valence-corrected chi connectivity index (χ3v) is 4.97. The van der Waals surface area contributed by atoms with Gasteiger partial charge in [-0.2, -0.15) is 0 Å². The SMILES string of the molecule is CCOC(C)CCC(C)C(C)CCC(C)c1ccc(O)cc1. The van der Waals surface area contributed by atoms with Crippen LogP contribution < -0.4 is 0 Å². The minimum absolute atomic E-state index is 0.348. The summed E-state index contributed by atoms with van der Waals surface area (Å²) in [6.07, 6.45) is 5.25. The van der Waals surface area contributed by atoms with Gasteiger partial charge >= 0.3 is 0 Å². The lowest BCUT2D eigenvalue weighted by Gasteiger charge is -2.23. The van der Waals surface area contributed by atoms with Gasteiger partial charge in [-0.05, 0) is 75.0 Å². The molecule has 126 valence electrons. The lowest BCUT2D eigenvalue weighted by Crippen LogP contribution is -2.14. The molecule has 1 aromatic rings. The summed E-state index contributed by atoms with van der Waals surface area (Å²) in [6, 6.07) is 7.65. The first-order valence-electron chi connectivity index (χ1n) is 8.84. The Kier molecular flexibility index (Phi) is 8.55. The van der Waals surface area contributed by atoms with Crippen molar-refractivity contribution in [1.29, 1.82) is 0 Å². The van der Waals surface area contributed by atoms with Crippen LogP contribution in [0.5, 0.6) is 5.75 Å². The van der Waals surface area contributed by atoms with Crippen molar-refractivity contribution in [3.63, 3.8) is 0 Å².